The number of β-amino-alcohol motifs (C(OH)–C–C–N with tert-alkyl or cyclic N) is 1. The number of hydrogen-bond acceptors (Lipinski definition) is 3. The molecule has 4 atom stereocenters. The van der Waals surface area contributed by atoms with Gasteiger partial charge in [0.05, 0.1) is 6.10 Å². The third-order valence-electron chi connectivity index (χ3n) is 1.89. The molecule has 1 aliphatic heterocycles. The van der Waals surface area contributed by atoms with Crippen LogP contribution >= 0.6 is 17.3 Å². The number of nitrogens with zero attached hydrogens (tertiary/aromatic N) is 1. The van der Waals surface area contributed by atoms with Crippen LogP contribution in [0.15, 0.2) is 0 Å². The molecule has 3 nitrogen and oxygen atoms in total. The van der Waals surface area contributed by atoms with Crippen LogP contribution < -0.4 is 5.73 Å². The molecule has 5 heteroatoms. The van der Waals surface area contributed by atoms with Crippen LogP contribution in [0.2, 0.25) is 0 Å². The third kappa shape index (κ3) is 1.87. The second-order valence-electron chi connectivity index (χ2n) is 2.60. The van der Waals surface area contributed by atoms with Crippen molar-refractivity contribution in [3.8, 4) is 0 Å². The van der Waals surface area contributed by atoms with Crippen molar-refractivity contribution in [1.29, 1.82) is 0 Å². The van der Waals surface area contributed by atoms with Crippen LogP contribution in [0, 0.1) is 5.92 Å². The van der Waals surface area contributed by atoms with Crippen molar-refractivity contribution in [2.75, 3.05) is 19.6 Å². The Bertz CT molecular complexity index is 114. The van der Waals surface area contributed by atoms with E-state index in [0.29, 0.717) is 12.5 Å². The zero-order chi connectivity index (χ0) is 7.56. The van der Waals surface area contributed by atoms with Crippen LogP contribution in [0.5, 0.6) is 0 Å². The van der Waals surface area contributed by atoms with E-state index < -0.39 is 0 Å². The summed E-state index contributed by atoms with van der Waals surface area (Å²) in [4.78, 5) is 0. The molecule has 0 bridgehead atoms. The summed E-state index contributed by atoms with van der Waals surface area (Å²) in [5, 5.41) is 9.36. The molecule has 60 valence electrons. The topological polar surface area (TPSA) is 49.5 Å². The van der Waals surface area contributed by atoms with Crippen molar-refractivity contribution in [2.45, 2.75) is 6.10 Å². The van der Waals surface area contributed by atoms with Crippen LogP contribution in [-0.4, -0.2) is 35.5 Å². The van der Waals surface area contributed by atoms with Gasteiger partial charge < -0.3 is 10.8 Å². The standard InChI is InChI=1S/C5H14N2OP2/c6-1-4-2-7(10-9)3-5(4)8/h4-5,8,10H,1-3,6,9H2/t4-,5-/m1/s1. The summed E-state index contributed by atoms with van der Waals surface area (Å²) in [6.07, 6.45) is -0.196. The van der Waals surface area contributed by atoms with Gasteiger partial charge >= 0.3 is 0 Å². The summed E-state index contributed by atoms with van der Waals surface area (Å²) >= 11 is 0. The first-order chi connectivity index (χ1) is 4.77. The Morgan fingerprint density at radius 2 is 2.40 bits per heavy atom. The molecule has 10 heavy (non-hydrogen) atoms. The van der Waals surface area contributed by atoms with Gasteiger partial charge in [-0.05, 0) is 15.0 Å². The van der Waals surface area contributed by atoms with Gasteiger partial charge in [-0.1, -0.05) is 8.93 Å². The predicted molar refractivity (Wildman–Crippen MR) is 48.1 cm³/mol. The lowest BCUT2D eigenvalue weighted by Crippen LogP contribution is -2.25. The van der Waals surface area contributed by atoms with Gasteiger partial charge in [-0.3, -0.25) is 4.67 Å². The van der Waals surface area contributed by atoms with Gasteiger partial charge in [0.15, 0.2) is 0 Å². The van der Waals surface area contributed by atoms with E-state index in [1.807, 2.05) is 0 Å². The van der Waals surface area contributed by atoms with Crippen LogP contribution in [0.4, 0.5) is 0 Å². The lowest BCUT2D eigenvalue weighted by molar-refractivity contribution is 0.149. The summed E-state index contributed by atoms with van der Waals surface area (Å²) < 4.78 is 2.22. The number of aliphatic hydroxyl groups is 1. The normalized spacial score (nSPS) is 36.3. The van der Waals surface area contributed by atoms with Gasteiger partial charge in [-0.15, -0.1) is 0 Å². The molecule has 1 aliphatic rings. The van der Waals surface area contributed by atoms with Crippen molar-refractivity contribution in [2.24, 2.45) is 11.7 Å². The molecular formula is C5H14N2OP2. The Balaban J connectivity index is 2.36. The first kappa shape index (κ1) is 8.83. The van der Waals surface area contributed by atoms with Crippen molar-refractivity contribution in [3.05, 3.63) is 0 Å². The maximum absolute atomic E-state index is 9.36. The molecule has 2 unspecified atom stereocenters. The molecule has 0 spiro atoms. The molecule has 0 amide bonds. The highest BCUT2D eigenvalue weighted by atomic mass is 32.0. The molecule has 1 rings (SSSR count). The second-order valence-corrected chi connectivity index (χ2v) is 4.26. The van der Waals surface area contributed by atoms with Crippen molar-refractivity contribution < 1.29 is 5.11 Å². The van der Waals surface area contributed by atoms with Gasteiger partial charge in [-0.25, -0.2) is 0 Å². The molecule has 1 fully saturated rings. The minimum Gasteiger partial charge on any atom is -0.391 e. The van der Waals surface area contributed by atoms with E-state index in [9.17, 15) is 5.11 Å². The number of nitrogens with two attached hydrogens (primary N) is 1. The lowest BCUT2D eigenvalue weighted by Gasteiger charge is -2.10. The van der Waals surface area contributed by atoms with Gasteiger partial charge in [0.2, 0.25) is 0 Å². The Hall–Kier alpha value is 0.740. The average Bonchev–Trinajstić information content (AvgIpc) is 2.30. The van der Waals surface area contributed by atoms with E-state index in [1.165, 1.54) is 0 Å². The molecule has 0 aliphatic carbocycles. The average molecular weight is 180 g/mol. The Labute approximate surface area is 65.3 Å². The first-order valence-corrected chi connectivity index (χ1v) is 6.13. The van der Waals surface area contributed by atoms with E-state index >= 15 is 0 Å². The molecule has 0 saturated carbocycles. The summed E-state index contributed by atoms with van der Waals surface area (Å²) in [6, 6.07) is 0. The molecule has 0 aromatic carbocycles. The van der Waals surface area contributed by atoms with Gasteiger partial charge in [0, 0.05) is 19.0 Å². The minimum absolute atomic E-state index is 0.196. The monoisotopic (exact) mass is 180 g/mol. The third-order valence-corrected chi connectivity index (χ3v) is 3.72. The Morgan fingerprint density at radius 1 is 1.70 bits per heavy atom. The summed E-state index contributed by atoms with van der Waals surface area (Å²) in [7, 11) is 3.40. The van der Waals surface area contributed by atoms with Crippen LogP contribution in [0.1, 0.15) is 0 Å². The number of aliphatic hydroxyl groups excluding tert-OH is 1. The van der Waals surface area contributed by atoms with E-state index in [2.05, 4.69) is 13.6 Å². The smallest absolute Gasteiger partial charge is 0.0722 e. The largest absolute Gasteiger partial charge is 0.391 e. The molecule has 0 aromatic heterocycles. The summed E-state index contributed by atoms with van der Waals surface area (Å²) in [5.74, 6) is 0.299. The highest BCUT2D eigenvalue weighted by Crippen LogP contribution is 2.32. The quantitative estimate of drug-likeness (QED) is 0.569. The fourth-order valence-electron chi connectivity index (χ4n) is 1.19. The van der Waals surface area contributed by atoms with Gasteiger partial charge in [0.1, 0.15) is 0 Å². The van der Waals surface area contributed by atoms with Crippen LogP contribution in [0.25, 0.3) is 0 Å². The first-order valence-electron chi connectivity index (χ1n) is 3.37. The van der Waals surface area contributed by atoms with E-state index in [0.717, 1.165) is 21.5 Å². The van der Waals surface area contributed by atoms with E-state index in [1.54, 1.807) is 0 Å². The van der Waals surface area contributed by atoms with Crippen LogP contribution in [0.3, 0.4) is 0 Å². The fourth-order valence-corrected chi connectivity index (χ4v) is 2.46. The number of hydrogen-bond donors (Lipinski definition) is 2. The summed E-state index contributed by atoms with van der Waals surface area (Å²) in [6.45, 7) is 2.36. The van der Waals surface area contributed by atoms with Crippen molar-refractivity contribution in [3.63, 3.8) is 0 Å². The van der Waals surface area contributed by atoms with Crippen molar-refractivity contribution >= 4 is 17.3 Å². The summed E-state index contributed by atoms with van der Waals surface area (Å²) in [5.41, 5.74) is 5.45. The maximum atomic E-state index is 9.36. The zero-order valence-corrected chi connectivity index (χ0v) is 7.98. The fraction of sp³-hybridized carbons (Fsp3) is 1.00. The molecule has 0 aromatic rings. The van der Waals surface area contributed by atoms with Crippen LogP contribution in [-0.2, 0) is 0 Å². The molecule has 1 saturated heterocycles. The molecule has 3 N–H and O–H groups in total. The highest BCUT2D eigenvalue weighted by Gasteiger charge is 2.28. The molecular weight excluding hydrogens is 166 g/mol. The van der Waals surface area contributed by atoms with E-state index in [-0.39, 0.29) is 6.10 Å². The molecule has 0 radical (unpaired) electrons. The maximum Gasteiger partial charge on any atom is 0.0722 e. The second kappa shape index (κ2) is 3.94. The Morgan fingerprint density at radius 3 is 2.70 bits per heavy atom. The zero-order valence-electron chi connectivity index (χ0n) is 5.83. The van der Waals surface area contributed by atoms with E-state index in [4.69, 9.17) is 5.73 Å². The minimum atomic E-state index is -0.196. The highest BCUT2D eigenvalue weighted by molar-refractivity contribution is 8.01. The SMILES string of the molecule is NC[C@@H]1CN(PP)C[C@H]1O. The predicted octanol–water partition coefficient (Wildman–Crippen LogP) is -0.379. The van der Waals surface area contributed by atoms with Crippen molar-refractivity contribution in [1.82, 2.24) is 4.67 Å². The van der Waals surface area contributed by atoms with Gasteiger partial charge in [0.25, 0.3) is 0 Å². The number of rotatable bonds is 2. The van der Waals surface area contributed by atoms with Gasteiger partial charge in [-0.2, -0.15) is 0 Å². The molecule has 1 heterocycles. The Kier molecular flexibility index (Phi) is 3.48. The lowest BCUT2D eigenvalue weighted by atomic mass is 10.1.